The molecule has 4 nitrogen and oxygen atoms in total. The number of nitriles is 1. The molecule has 0 saturated heterocycles. The molecule has 0 atom stereocenters. The lowest BCUT2D eigenvalue weighted by molar-refractivity contribution is -0.142. The van der Waals surface area contributed by atoms with Gasteiger partial charge in [0.1, 0.15) is 11.8 Å². The topological polar surface area (TPSA) is 63.0 Å². The maximum Gasteiger partial charge on any atom is 0.310 e. The maximum absolute atomic E-state index is 13.1. The van der Waals surface area contributed by atoms with Crippen molar-refractivity contribution in [2.45, 2.75) is 25.1 Å². The standard InChI is InChI=1S/C12H11BrF2N2O2/c1-2-19-10(18)3-8-7(4-13)6-17-9(5-16)11(8)12(14)15/h6,12H,2-4H2,1H3. The molecular weight excluding hydrogens is 322 g/mol. The normalized spacial score (nSPS) is 10.3. The first-order valence-corrected chi connectivity index (χ1v) is 6.57. The van der Waals surface area contributed by atoms with Crippen LogP contribution in [-0.2, 0) is 21.3 Å². The predicted molar refractivity (Wildman–Crippen MR) is 66.9 cm³/mol. The van der Waals surface area contributed by atoms with Crippen LogP contribution in [0.15, 0.2) is 6.20 Å². The molecule has 1 heterocycles. The number of carbonyl (C=O) groups excluding carboxylic acids is 1. The predicted octanol–water partition coefficient (Wildman–Crippen LogP) is 2.89. The van der Waals surface area contributed by atoms with Crippen molar-refractivity contribution in [1.29, 1.82) is 5.26 Å². The zero-order valence-corrected chi connectivity index (χ0v) is 11.7. The lowest BCUT2D eigenvalue weighted by Crippen LogP contribution is -2.13. The third kappa shape index (κ3) is 3.70. The second-order valence-corrected chi connectivity index (χ2v) is 4.11. The van der Waals surface area contributed by atoms with E-state index >= 15 is 0 Å². The van der Waals surface area contributed by atoms with E-state index in [4.69, 9.17) is 10.00 Å². The fraction of sp³-hybridized carbons (Fsp3) is 0.417. The molecule has 19 heavy (non-hydrogen) atoms. The van der Waals surface area contributed by atoms with Crippen LogP contribution in [0.5, 0.6) is 0 Å². The van der Waals surface area contributed by atoms with Crippen LogP contribution in [0.25, 0.3) is 0 Å². The molecule has 0 radical (unpaired) electrons. The summed E-state index contributed by atoms with van der Waals surface area (Å²) in [7, 11) is 0. The maximum atomic E-state index is 13.1. The monoisotopic (exact) mass is 332 g/mol. The minimum atomic E-state index is -2.87. The highest BCUT2D eigenvalue weighted by Crippen LogP contribution is 2.29. The van der Waals surface area contributed by atoms with Gasteiger partial charge in [0.05, 0.1) is 18.6 Å². The minimum Gasteiger partial charge on any atom is -0.466 e. The van der Waals surface area contributed by atoms with Gasteiger partial charge < -0.3 is 4.74 Å². The van der Waals surface area contributed by atoms with E-state index in [0.29, 0.717) is 5.56 Å². The number of rotatable bonds is 5. The lowest BCUT2D eigenvalue weighted by Gasteiger charge is -2.13. The third-order valence-electron chi connectivity index (χ3n) is 2.41. The van der Waals surface area contributed by atoms with E-state index in [0.717, 1.165) is 0 Å². The van der Waals surface area contributed by atoms with Gasteiger partial charge in [0.25, 0.3) is 6.43 Å². The van der Waals surface area contributed by atoms with Crippen molar-refractivity contribution < 1.29 is 18.3 Å². The van der Waals surface area contributed by atoms with Crippen LogP contribution in [0.3, 0.4) is 0 Å². The molecule has 0 saturated carbocycles. The van der Waals surface area contributed by atoms with Crippen LogP contribution >= 0.6 is 15.9 Å². The number of hydrogen-bond donors (Lipinski definition) is 0. The minimum absolute atomic E-state index is 0.108. The zero-order valence-electron chi connectivity index (χ0n) is 10.1. The smallest absolute Gasteiger partial charge is 0.310 e. The average molecular weight is 333 g/mol. The number of carbonyl (C=O) groups is 1. The number of halogens is 3. The number of alkyl halides is 3. The Morgan fingerprint density at radius 1 is 1.63 bits per heavy atom. The summed E-state index contributed by atoms with van der Waals surface area (Å²) in [6, 6.07) is 1.62. The number of esters is 1. The van der Waals surface area contributed by atoms with Gasteiger partial charge in [0.15, 0.2) is 0 Å². The summed E-state index contributed by atoms with van der Waals surface area (Å²) in [5, 5.41) is 9.08. The summed E-state index contributed by atoms with van der Waals surface area (Å²) in [5.74, 6) is -0.610. The molecule has 0 N–H and O–H groups in total. The van der Waals surface area contributed by atoms with Crippen LogP contribution in [-0.4, -0.2) is 17.6 Å². The molecule has 1 rings (SSSR count). The average Bonchev–Trinajstić information content (AvgIpc) is 2.37. The Morgan fingerprint density at radius 2 is 2.32 bits per heavy atom. The first-order chi connectivity index (χ1) is 9.04. The van der Waals surface area contributed by atoms with Gasteiger partial charge in [-0.15, -0.1) is 0 Å². The Labute approximate surface area is 117 Å². The molecule has 102 valence electrons. The Hall–Kier alpha value is -1.55. The van der Waals surface area contributed by atoms with Gasteiger partial charge in [0.2, 0.25) is 0 Å². The summed E-state index contributed by atoms with van der Waals surface area (Å²) in [6.45, 7) is 1.80. The molecule has 0 amide bonds. The van der Waals surface area contributed by atoms with E-state index in [1.165, 1.54) is 6.20 Å². The number of ether oxygens (including phenoxy) is 1. The fourth-order valence-corrected chi connectivity index (χ4v) is 2.09. The van der Waals surface area contributed by atoms with Gasteiger partial charge >= 0.3 is 5.97 Å². The summed E-state index contributed by atoms with van der Waals surface area (Å²) < 4.78 is 30.9. The van der Waals surface area contributed by atoms with Gasteiger partial charge in [-0.05, 0) is 18.1 Å². The van der Waals surface area contributed by atoms with Crippen molar-refractivity contribution in [3.63, 3.8) is 0 Å². The highest BCUT2D eigenvalue weighted by atomic mass is 79.9. The molecule has 0 aromatic carbocycles. The van der Waals surface area contributed by atoms with Crippen LogP contribution in [0.4, 0.5) is 8.78 Å². The second-order valence-electron chi connectivity index (χ2n) is 3.55. The first kappa shape index (κ1) is 15.5. The number of pyridine rings is 1. The molecule has 1 aromatic rings. The quantitative estimate of drug-likeness (QED) is 0.614. The van der Waals surface area contributed by atoms with E-state index < -0.39 is 18.0 Å². The van der Waals surface area contributed by atoms with Crippen LogP contribution in [0, 0.1) is 11.3 Å². The van der Waals surface area contributed by atoms with E-state index in [1.54, 1.807) is 13.0 Å². The van der Waals surface area contributed by atoms with Gasteiger partial charge in [-0.3, -0.25) is 4.79 Å². The summed E-state index contributed by atoms with van der Waals surface area (Å²) >= 11 is 3.15. The van der Waals surface area contributed by atoms with E-state index in [2.05, 4.69) is 20.9 Å². The molecule has 0 aliphatic heterocycles. The SMILES string of the molecule is CCOC(=O)Cc1c(CBr)cnc(C#N)c1C(F)F. The van der Waals surface area contributed by atoms with Crippen molar-refractivity contribution in [1.82, 2.24) is 4.98 Å². The zero-order chi connectivity index (χ0) is 14.4. The molecule has 7 heteroatoms. The Morgan fingerprint density at radius 3 is 2.79 bits per heavy atom. The number of nitrogens with zero attached hydrogens (tertiary/aromatic N) is 2. The summed E-state index contributed by atoms with van der Waals surface area (Å²) in [4.78, 5) is 15.1. The van der Waals surface area contributed by atoms with Crippen molar-refractivity contribution in [2.75, 3.05) is 6.61 Å². The molecular formula is C12H11BrF2N2O2. The van der Waals surface area contributed by atoms with Crippen molar-refractivity contribution >= 4 is 21.9 Å². The highest BCUT2D eigenvalue weighted by molar-refractivity contribution is 9.08. The van der Waals surface area contributed by atoms with E-state index in [1.807, 2.05) is 0 Å². The van der Waals surface area contributed by atoms with Crippen LogP contribution < -0.4 is 0 Å². The van der Waals surface area contributed by atoms with E-state index in [9.17, 15) is 13.6 Å². The Kier molecular flexibility index (Phi) is 5.83. The van der Waals surface area contributed by atoms with Crippen molar-refractivity contribution in [3.8, 4) is 6.07 Å². The third-order valence-corrected chi connectivity index (χ3v) is 3.02. The van der Waals surface area contributed by atoms with Gasteiger partial charge in [0, 0.05) is 11.5 Å². The van der Waals surface area contributed by atoms with E-state index in [-0.39, 0.29) is 29.6 Å². The molecule has 1 aromatic heterocycles. The summed E-state index contributed by atoms with van der Waals surface area (Å²) in [5.41, 5.74) is -0.300. The fourth-order valence-electron chi connectivity index (χ4n) is 1.61. The summed E-state index contributed by atoms with van der Waals surface area (Å²) in [6.07, 6.45) is -1.86. The lowest BCUT2D eigenvalue weighted by atomic mass is 9.99. The van der Waals surface area contributed by atoms with Gasteiger partial charge in [-0.25, -0.2) is 13.8 Å². The van der Waals surface area contributed by atoms with Crippen molar-refractivity contribution in [3.05, 3.63) is 28.6 Å². The Bertz CT molecular complexity index is 515. The first-order valence-electron chi connectivity index (χ1n) is 5.45. The largest absolute Gasteiger partial charge is 0.466 e. The second kappa shape index (κ2) is 7.14. The Balaban J connectivity index is 3.31. The number of aromatic nitrogens is 1. The van der Waals surface area contributed by atoms with Crippen LogP contribution in [0.2, 0.25) is 0 Å². The molecule has 0 fully saturated rings. The molecule has 0 aliphatic carbocycles. The van der Waals surface area contributed by atoms with Gasteiger partial charge in [-0.2, -0.15) is 5.26 Å². The number of hydrogen-bond acceptors (Lipinski definition) is 4. The highest BCUT2D eigenvalue weighted by Gasteiger charge is 2.23. The van der Waals surface area contributed by atoms with Crippen LogP contribution in [0.1, 0.15) is 35.7 Å². The molecule has 0 spiro atoms. The molecule has 0 aliphatic rings. The molecule has 0 bridgehead atoms. The van der Waals surface area contributed by atoms with Gasteiger partial charge in [-0.1, -0.05) is 15.9 Å². The van der Waals surface area contributed by atoms with Crippen molar-refractivity contribution in [2.24, 2.45) is 0 Å². The molecule has 0 unspecified atom stereocenters.